The lowest BCUT2D eigenvalue weighted by atomic mass is 9.79. The number of aromatic nitrogens is 2. The maximum atomic E-state index is 11.7. The van der Waals surface area contributed by atoms with E-state index in [1.54, 1.807) is 12.4 Å². The SMILES string of the molecule is CC(C)C1(CCc2cncnc2)CC(=O)CC(=O)O1. The molecule has 0 aromatic carbocycles. The normalized spacial score (nSPS) is 23.5. The predicted octanol–water partition coefficient (Wildman–Crippen LogP) is 1.71. The van der Waals surface area contributed by atoms with E-state index in [1.807, 2.05) is 13.8 Å². The first-order valence-electron chi connectivity index (χ1n) is 6.49. The van der Waals surface area contributed by atoms with Crippen LogP contribution in [-0.2, 0) is 20.7 Å². The molecular formula is C14H18N2O3. The van der Waals surface area contributed by atoms with Gasteiger partial charge in [-0.15, -0.1) is 0 Å². The Balaban J connectivity index is 2.11. The molecule has 0 aliphatic carbocycles. The number of hydrogen-bond acceptors (Lipinski definition) is 5. The van der Waals surface area contributed by atoms with Gasteiger partial charge in [0.25, 0.3) is 0 Å². The predicted molar refractivity (Wildman–Crippen MR) is 68.3 cm³/mol. The average Bonchev–Trinajstić information content (AvgIpc) is 2.36. The molecule has 1 aromatic rings. The lowest BCUT2D eigenvalue weighted by Crippen LogP contribution is -2.47. The third-order valence-electron chi connectivity index (χ3n) is 3.66. The first-order chi connectivity index (χ1) is 9.02. The summed E-state index contributed by atoms with van der Waals surface area (Å²) in [6.07, 6.45) is 6.50. The molecule has 102 valence electrons. The number of nitrogens with zero attached hydrogens (tertiary/aromatic N) is 2. The van der Waals surface area contributed by atoms with Gasteiger partial charge in [0, 0.05) is 18.8 Å². The molecule has 2 heterocycles. The number of carbonyl (C=O) groups is 2. The van der Waals surface area contributed by atoms with Crippen LogP contribution in [0.25, 0.3) is 0 Å². The van der Waals surface area contributed by atoms with Gasteiger partial charge in [-0.05, 0) is 24.3 Å². The average molecular weight is 262 g/mol. The minimum Gasteiger partial charge on any atom is -0.458 e. The van der Waals surface area contributed by atoms with Gasteiger partial charge in [0.2, 0.25) is 0 Å². The summed E-state index contributed by atoms with van der Waals surface area (Å²) in [6, 6.07) is 0. The number of ketones is 1. The second kappa shape index (κ2) is 5.47. The quantitative estimate of drug-likeness (QED) is 0.610. The van der Waals surface area contributed by atoms with Gasteiger partial charge in [-0.3, -0.25) is 9.59 Å². The van der Waals surface area contributed by atoms with Crippen LogP contribution in [0.2, 0.25) is 0 Å². The van der Waals surface area contributed by atoms with Gasteiger partial charge in [0.15, 0.2) is 0 Å². The van der Waals surface area contributed by atoms with Crippen LogP contribution in [0.3, 0.4) is 0 Å². The summed E-state index contributed by atoms with van der Waals surface area (Å²) >= 11 is 0. The Hall–Kier alpha value is -1.78. The number of Topliss-reactive ketones (excluding diaryl/α,β-unsaturated/α-hetero) is 1. The van der Waals surface area contributed by atoms with E-state index in [9.17, 15) is 9.59 Å². The zero-order valence-electron chi connectivity index (χ0n) is 11.3. The van der Waals surface area contributed by atoms with E-state index in [2.05, 4.69) is 9.97 Å². The molecule has 1 fully saturated rings. The van der Waals surface area contributed by atoms with E-state index < -0.39 is 11.6 Å². The first kappa shape index (κ1) is 13.6. The summed E-state index contributed by atoms with van der Waals surface area (Å²) < 4.78 is 5.53. The van der Waals surface area contributed by atoms with Gasteiger partial charge in [0.1, 0.15) is 24.1 Å². The van der Waals surface area contributed by atoms with Gasteiger partial charge in [-0.25, -0.2) is 9.97 Å². The number of ether oxygens (including phenoxy) is 1. The van der Waals surface area contributed by atoms with Crippen molar-refractivity contribution in [3.8, 4) is 0 Å². The van der Waals surface area contributed by atoms with Crippen LogP contribution in [0.5, 0.6) is 0 Å². The molecule has 1 aromatic heterocycles. The first-order valence-corrected chi connectivity index (χ1v) is 6.49. The molecule has 1 aliphatic heterocycles. The van der Waals surface area contributed by atoms with Gasteiger partial charge in [-0.1, -0.05) is 13.8 Å². The standard InChI is InChI=1S/C14H18N2O3/c1-10(2)14(6-12(17)5-13(18)19-14)4-3-11-7-15-9-16-8-11/h7-10H,3-6H2,1-2H3. The van der Waals surface area contributed by atoms with E-state index in [-0.39, 0.29) is 18.1 Å². The highest BCUT2D eigenvalue weighted by Crippen LogP contribution is 2.35. The molecule has 0 N–H and O–H groups in total. The van der Waals surface area contributed by atoms with Crippen molar-refractivity contribution in [2.75, 3.05) is 0 Å². The highest BCUT2D eigenvalue weighted by molar-refractivity contribution is 5.98. The molecule has 1 unspecified atom stereocenters. The number of aryl methyl sites for hydroxylation is 1. The Labute approximate surface area is 112 Å². The van der Waals surface area contributed by atoms with Crippen molar-refractivity contribution in [2.45, 2.75) is 45.1 Å². The van der Waals surface area contributed by atoms with Crippen molar-refractivity contribution < 1.29 is 14.3 Å². The third-order valence-corrected chi connectivity index (χ3v) is 3.66. The Morgan fingerprint density at radius 1 is 1.32 bits per heavy atom. The third kappa shape index (κ3) is 3.16. The Bertz CT molecular complexity index is 455. The van der Waals surface area contributed by atoms with Crippen molar-refractivity contribution in [2.24, 2.45) is 5.92 Å². The molecule has 0 amide bonds. The fourth-order valence-corrected chi connectivity index (χ4v) is 2.42. The number of esters is 1. The molecule has 0 saturated carbocycles. The van der Waals surface area contributed by atoms with Crippen LogP contribution in [0.1, 0.15) is 38.7 Å². The van der Waals surface area contributed by atoms with Gasteiger partial charge in [0.05, 0.1) is 0 Å². The highest BCUT2D eigenvalue weighted by Gasteiger charge is 2.43. The molecule has 1 saturated heterocycles. The van der Waals surface area contributed by atoms with E-state index in [1.165, 1.54) is 6.33 Å². The van der Waals surface area contributed by atoms with Gasteiger partial charge in [-0.2, -0.15) is 0 Å². The van der Waals surface area contributed by atoms with Gasteiger partial charge >= 0.3 is 5.97 Å². The molecule has 2 rings (SSSR count). The molecule has 19 heavy (non-hydrogen) atoms. The van der Waals surface area contributed by atoms with Crippen LogP contribution < -0.4 is 0 Å². The van der Waals surface area contributed by atoms with Crippen molar-refractivity contribution in [3.63, 3.8) is 0 Å². The second-order valence-electron chi connectivity index (χ2n) is 5.33. The fraction of sp³-hybridized carbons (Fsp3) is 0.571. The molecule has 0 spiro atoms. The minimum absolute atomic E-state index is 0.0331. The van der Waals surface area contributed by atoms with E-state index in [4.69, 9.17) is 4.74 Å². The lowest BCUT2D eigenvalue weighted by molar-refractivity contribution is -0.177. The summed E-state index contributed by atoms with van der Waals surface area (Å²) in [5, 5.41) is 0. The van der Waals surface area contributed by atoms with Crippen LogP contribution in [-0.4, -0.2) is 27.3 Å². The summed E-state index contributed by atoms with van der Waals surface area (Å²) in [5.74, 6) is -0.339. The Kier molecular flexibility index (Phi) is 3.93. The maximum absolute atomic E-state index is 11.7. The van der Waals surface area contributed by atoms with Crippen molar-refractivity contribution in [1.82, 2.24) is 9.97 Å². The monoisotopic (exact) mass is 262 g/mol. The number of hydrogen-bond donors (Lipinski definition) is 0. The van der Waals surface area contributed by atoms with Crippen molar-refractivity contribution in [1.29, 1.82) is 0 Å². The van der Waals surface area contributed by atoms with Crippen LogP contribution in [0.15, 0.2) is 18.7 Å². The van der Waals surface area contributed by atoms with Crippen molar-refractivity contribution >= 4 is 11.8 Å². The second-order valence-corrected chi connectivity index (χ2v) is 5.33. The smallest absolute Gasteiger partial charge is 0.313 e. The summed E-state index contributed by atoms with van der Waals surface area (Å²) in [6.45, 7) is 3.96. The Morgan fingerprint density at radius 3 is 2.58 bits per heavy atom. The van der Waals surface area contributed by atoms with E-state index >= 15 is 0 Å². The van der Waals surface area contributed by atoms with E-state index in [0.717, 1.165) is 5.56 Å². The van der Waals surface area contributed by atoms with Crippen LogP contribution >= 0.6 is 0 Å². The molecule has 1 atom stereocenters. The molecule has 1 aliphatic rings. The number of cyclic esters (lactones) is 1. The summed E-state index contributed by atoms with van der Waals surface area (Å²) in [5.41, 5.74) is 0.305. The Morgan fingerprint density at radius 2 is 2.00 bits per heavy atom. The topological polar surface area (TPSA) is 69.2 Å². The lowest BCUT2D eigenvalue weighted by Gasteiger charge is -2.39. The molecular weight excluding hydrogens is 244 g/mol. The molecule has 0 radical (unpaired) electrons. The highest BCUT2D eigenvalue weighted by atomic mass is 16.6. The molecule has 0 bridgehead atoms. The molecule has 5 nitrogen and oxygen atoms in total. The number of carbonyl (C=O) groups excluding carboxylic acids is 2. The zero-order valence-corrected chi connectivity index (χ0v) is 11.3. The van der Waals surface area contributed by atoms with Crippen molar-refractivity contribution in [3.05, 3.63) is 24.3 Å². The summed E-state index contributed by atoms with van der Waals surface area (Å²) in [7, 11) is 0. The minimum atomic E-state index is -0.678. The van der Waals surface area contributed by atoms with Crippen LogP contribution in [0, 0.1) is 5.92 Å². The van der Waals surface area contributed by atoms with Gasteiger partial charge < -0.3 is 4.74 Å². The number of rotatable bonds is 4. The zero-order chi connectivity index (χ0) is 13.9. The largest absolute Gasteiger partial charge is 0.458 e. The maximum Gasteiger partial charge on any atom is 0.313 e. The molecule has 5 heteroatoms. The summed E-state index contributed by atoms with van der Waals surface area (Å²) in [4.78, 5) is 31.1. The van der Waals surface area contributed by atoms with Crippen LogP contribution in [0.4, 0.5) is 0 Å². The fourth-order valence-electron chi connectivity index (χ4n) is 2.42. The van der Waals surface area contributed by atoms with E-state index in [0.29, 0.717) is 19.3 Å².